The zero-order chi connectivity index (χ0) is 27.8. The van der Waals surface area contributed by atoms with E-state index in [-0.39, 0.29) is 16.7 Å². The van der Waals surface area contributed by atoms with Gasteiger partial charge in [-0.1, -0.05) is 51.1 Å². The molecule has 1 N–H and O–H groups in total. The van der Waals surface area contributed by atoms with Gasteiger partial charge in [0.25, 0.3) is 11.7 Å². The minimum Gasteiger partial charge on any atom is -0.507 e. The summed E-state index contributed by atoms with van der Waals surface area (Å²) in [5.41, 5.74) is 4.55. The molecule has 38 heavy (non-hydrogen) atoms. The number of ether oxygens (including phenoxy) is 1. The van der Waals surface area contributed by atoms with E-state index in [1.807, 2.05) is 81.4 Å². The number of aliphatic hydroxyl groups is 1. The molecular weight excluding hydrogens is 476 g/mol. The first-order chi connectivity index (χ1) is 17.9. The van der Waals surface area contributed by atoms with Crippen molar-refractivity contribution in [1.82, 2.24) is 0 Å². The summed E-state index contributed by atoms with van der Waals surface area (Å²) in [6.07, 6.45) is 0. The molecule has 1 unspecified atom stereocenters. The predicted molar refractivity (Wildman–Crippen MR) is 153 cm³/mol. The summed E-state index contributed by atoms with van der Waals surface area (Å²) < 4.78 is 5.67. The molecule has 1 amide bonds. The number of ketones is 1. The maximum Gasteiger partial charge on any atom is 0.300 e. The number of hydrogen-bond donors (Lipinski definition) is 1. The monoisotopic (exact) mass is 512 g/mol. The van der Waals surface area contributed by atoms with E-state index in [4.69, 9.17) is 4.74 Å². The van der Waals surface area contributed by atoms with Gasteiger partial charge in [-0.05, 0) is 66.3 Å². The van der Waals surface area contributed by atoms with Gasteiger partial charge >= 0.3 is 0 Å². The number of rotatable bonds is 6. The molecule has 0 spiro atoms. The fourth-order valence-corrected chi connectivity index (χ4v) is 4.75. The van der Waals surface area contributed by atoms with Crippen LogP contribution in [0.1, 0.15) is 56.0 Å². The normalized spacial score (nSPS) is 17.1. The number of hydrogen-bond acceptors (Lipinski definition) is 5. The molecule has 0 bridgehead atoms. The molecule has 1 heterocycles. The van der Waals surface area contributed by atoms with Crippen molar-refractivity contribution in [3.8, 4) is 5.75 Å². The lowest BCUT2D eigenvalue weighted by Gasteiger charge is -2.26. The van der Waals surface area contributed by atoms with Crippen molar-refractivity contribution in [2.45, 2.75) is 46.1 Å². The highest BCUT2D eigenvalue weighted by Gasteiger charge is 2.47. The summed E-state index contributed by atoms with van der Waals surface area (Å²) in [4.78, 5) is 30.6. The van der Waals surface area contributed by atoms with Crippen LogP contribution in [0.15, 0.2) is 72.3 Å². The van der Waals surface area contributed by atoms with Crippen LogP contribution in [0.2, 0.25) is 0 Å². The second kappa shape index (κ2) is 10.4. The number of aryl methyl sites for hydroxylation is 1. The Bertz CT molecular complexity index is 1400. The number of aliphatic hydroxyl groups excluding tert-OH is 1. The summed E-state index contributed by atoms with van der Waals surface area (Å²) in [5.74, 6) is -0.975. The van der Waals surface area contributed by atoms with Crippen molar-refractivity contribution < 1.29 is 19.4 Å². The summed E-state index contributed by atoms with van der Waals surface area (Å²) in [6, 6.07) is 19.9. The van der Waals surface area contributed by atoms with Crippen molar-refractivity contribution in [3.63, 3.8) is 0 Å². The van der Waals surface area contributed by atoms with Crippen molar-refractivity contribution in [2.24, 2.45) is 0 Å². The number of nitrogens with zero attached hydrogens (tertiary/aromatic N) is 2. The van der Waals surface area contributed by atoms with E-state index in [0.717, 1.165) is 22.4 Å². The first-order valence-corrected chi connectivity index (χ1v) is 12.9. The molecule has 3 aromatic rings. The summed E-state index contributed by atoms with van der Waals surface area (Å²) in [6.45, 7) is 10.5. The maximum absolute atomic E-state index is 13.6. The minimum atomic E-state index is -0.805. The average molecular weight is 513 g/mol. The Morgan fingerprint density at radius 3 is 2.29 bits per heavy atom. The average Bonchev–Trinajstić information content (AvgIpc) is 3.14. The van der Waals surface area contributed by atoms with Crippen LogP contribution in [0.3, 0.4) is 0 Å². The minimum absolute atomic E-state index is 0.0728. The molecule has 4 rings (SSSR count). The van der Waals surface area contributed by atoms with Gasteiger partial charge in [0.05, 0.1) is 18.2 Å². The van der Waals surface area contributed by atoms with Crippen LogP contribution in [0, 0.1) is 6.92 Å². The lowest BCUT2D eigenvalue weighted by Crippen LogP contribution is -2.29. The highest BCUT2D eigenvalue weighted by atomic mass is 16.5. The molecule has 1 aliphatic rings. The third-order valence-electron chi connectivity index (χ3n) is 6.94. The molecule has 0 saturated carbocycles. The smallest absolute Gasteiger partial charge is 0.300 e. The van der Waals surface area contributed by atoms with Crippen LogP contribution in [-0.2, 0) is 15.0 Å². The first-order valence-electron chi connectivity index (χ1n) is 12.9. The van der Waals surface area contributed by atoms with Gasteiger partial charge in [0.2, 0.25) is 0 Å². The number of carbonyl (C=O) groups is 2. The van der Waals surface area contributed by atoms with Gasteiger partial charge in [0.15, 0.2) is 0 Å². The molecule has 1 atom stereocenters. The highest BCUT2D eigenvalue weighted by molar-refractivity contribution is 6.51. The second-order valence-electron chi connectivity index (χ2n) is 10.9. The van der Waals surface area contributed by atoms with Crippen molar-refractivity contribution in [1.29, 1.82) is 0 Å². The zero-order valence-corrected chi connectivity index (χ0v) is 23.2. The zero-order valence-electron chi connectivity index (χ0n) is 23.2. The SMILES string of the molecule is CCOc1cccc(N2C(=O)C(=O)/C(=C(/O)c3cc(C(C)(C)C)ccc3C)C2c2ccc(N(C)C)cc2)c1. The van der Waals surface area contributed by atoms with Crippen LogP contribution >= 0.6 is 0 Å². The van der Waals surface area contributed by atoms with Crippen LogP contribution in [0.4, 0.5) is 11.4 Å². The van der Waals surface area contributed by atoms with E-state index in [9.17, 15) is 14.7 Å². The standard InChI is InChI=1S/C32H36N2O4/c1-8-38-25-11-9-10-24(19-25)34-28(21-13-16-23(17-14-21)33(6)7)27(30(36)31(34)37)29(35)26-18-22(32(3,4)5)15-12-20(26)2/h9-19,28,35H,8H2,1-7H3/b29-27+. The molecule has 3 aromatic carbocycles. The van der Waals surface area contributed by atoms with E-state index in [2.05, 4.69) is 20.8 Å². The third-order valence-corrected chi connectivity index (χ3v) is 6.94. The molecule has 198 valence electrons. The van der Waals surface area contributed by atoms with Gasteiger partial charge in [-0.3, -0.25) is 14.5 Å². The summed E-state index contributed by atoms with van der Waals surface area (Å²) in [5, 5.41) is 11.7. The lowest BCUT2D eigenvalue weighted by molar-refractivity contribution is -0.132. The van der Waals surface area contributed by atoms with E-state index in [1.165, 1.54) is 4.90 Å². The Labute approximate surface area is 225 Å². The van der Waals surface area contributed by atoms with Gasteiger partial charge in [-0.25, -0.2) is 0 Å². The molecular formula is C32H36N2O4. The van der Waals surface area contributed by atoms with Gasteiger partial charge < -0.3 is 14.7 Å². The first kappa shape index (κ1) is 27.0. The molecule has 1 fully saturated rings. The number of amides is 1. The Hall–Kier alpha value is -4.06. The number of benzene rings is 3. The van der Waals surface area contributed by atoms with Gasteiger partial charge in [0, 0.05) is 37.1 Å². The predicted octanol–water partition coefficient (Wildman–Crippen LogP) is 6.38. The second-order valence-corrected chi connectivity index (χ2v) is 10.9. The van der Waals surface area contributed by atoms with Gasteiger partial charge in [-0.2, -0.15) is 0 Å². The summed E-state index contributed by atoms with van der Waals surface area (Å²) >= 11 is 0. The van der Waals surface area contributed by atoms with E-state index in [0.29, 0.717) is 23.6 Å². The number of anilines is 2. The molecule has 6 nitrogen and oxygen atoms in total. The van der Waals surface area contributed by atoms with Gasteiger partial charge in [-0.15, -0.1) is 0 Å². The fraction of sp³-hybridized carbons (Fsp3) is 0.312. The maximum atomic E-state index is 13.6. The fourth-order valence-electron chi connectivity index (χ4n) is 4.75. The molecule has 0 radical (unpaired) electrons. The van der Waals surface area contributed by atoms with E-state index >= 15 is 0 Å². The Morgan fingerprint density at radius 2 is 1.68 bits per heavy atom. The van der Waals surface area contributed by atoms with Crippen molar-refractivity contribution >= 4 is 28.8 Å². The lowest BCUT2D eigenvalue weighted by atomic mass is 9.84. The Kier molecular flexibility index (Phi) is 7.36. The Balaban J connectivity index is 1.96. The molecule has 0 aromatic heterocycles. The van der Waals surface area contributed by atoms with Crippen LogP contribution in [0.5, 0.6) is 5.75 Å². The van der Waals surface area contributed by atoms with E-state index in [1.54, 1.807) is 18.2 Å². The molecule has 6 heteroatoms. The third kappa shape index (κ3) is 5.03. The van der Waals surface area contributed by atoms with Crippen LogP contribution < -0.4 is 14.5 Å². The number of carbonyl (C=O) groups excluding carboxylic acids is 2. The van der Waals surface area contributed by atoms with Crippen LogP contribution in [-0.4, -0.2) is 37.5 Å². The Morgan fingerprint density at radius 1 is 1.00 bits per heavy atom. The molecule has 1 saturated heterocycles. The number of Topliss-reactive ketones (excluding diaryl/α,β-unsaturated/α-hetero) is 1. The van der Waals surface area contributed by atoms with Crippen molar-refractivity contribution in [3.05, 3.63) is 94.6 Å². The molecule has 0 aliphatic carbocycles. The topological polar surface area (TPSA) is 70.1 Å². The van der Waals surface area contributed by atoms with Crippen molar-refractivity contribution in [2.75, 3.05) is 30.5 Å². The van der Waals surface area contributed by atoms with Gasteiger partial charge in [0.1, 0.15) is 11.5 Å². The molecule has 1 aliphatic heterocycles. The van der Waals surface area contributed by atoms with Crippen LogP contribution in [0.25, 0.3) is 5.76 Å². The summed E-state index contributed by atoms with van der Waals surface area (Å²) in [7, 11) is 3.90. The van der Waals surface area contributed by atoms with E-state index < -0.39 is 17.7 Å². The largest absolute Gasteiger partial charge is 0.507 e. The highest BCUT2D eigenvalue weighted by Crippen LogP contribution is 2.43. The quantitative estimate of drug-likeness (QED) is 0.236.